The van der Waals surface area contributed by atoms with Gasteiger partial charge in [-0.25, -0.2) is 8.78 Å². The molecule has 1 aliphatic rings. The number of rotatable bonds is 16. The van der Waals surface area contributed by atoms with Crippen molar-refractivity contribution in [2.24, 2.45) is 17.8 Å². The maximum absolute atomic E-state index is 13.9. The van der Waals surface area contributed by atoms with Crippen LogP contribution in [0.1, 0.15) is 51.2 Å². The monoisotopic (exact) mass is 559 g/mol. The maximum atomic E-state index is 13.9. The van der Waals surface area contributed by atoms with Gasteiger partial charge in [0.15, 0.2) is 0 Å². The molecule has 5 atom stereocenters. The van der Waals surface area contributed by atoms with Crippen LogP contribution in [-0.2, 0) is 22.6 Å². The van der Waals surface area contributed by atoms with E-state index in [9.17, 15) is 23.5 Å². The first kappa shape index (κ1) is 31.5. The minimum atomic E-state index is -1.03. The molecule has 1 fully saturated rings. The van der Waals surface area contributed by atoms with Crippen molar-refractivity contribution in [3.63, 3.8) is 0 Å². The standard InChI is InChI=1S/C31H43F2N3O4/c1-5-10-36(11-6-2)29(38)17-26-20(3)30(26)31(39)35-27(15-22-12-23(32)16-24(33)13-22)28(37)19-34-18-21-8-7-9-25(14-21)40-4/h7-9,12-14,16,20,26-28,30,34,37H,5-6,10-11,15,17-19H2,1-4H3,(H,35,39)/t20-,26+,27-,28-,30+/m0/s1. The Morgan fingerprint density at radius 1 is 1.05 bits per heavy atom. The van der Waals surface area contributed by atoms with E-state index < -0.39 is 23.8 Å². The smallest absolute Gasteiger partial charge is 0.224 e. The first-order valence-corrected chi connectivity index (χ1v) is 14.2. The number of carbonyl (C=O) groups is 2. The summed E-state index contributed by atoms with van der Waals surface area (Å²) in [5.74, 6) is -1.30. The molecule has 0 radical (unpaired) electrons. The number of carbonyl (C=O) groups excluding carboxylic acids is 2. The molecular weight excluding hydrogens is 516 g/mol. The van der Waals surface area contributed by atoms with Crippen LogP contribution < -0.4 is 15.4 Å². The van der Waals surface area contributed by atoms with Gasteiger partial charge in [-0.1, -0.05) is 32.9 Å². The van der Waals surface area contributed by atoms with E-state index in [-0.39, 0.29) is 42.5 Å². The maximum Gasteiger partial charge on any atom is 0.224 e. The molecule has 1 saturated carbocycles. The van der Waals surface area contributed by atoms with E-state index >= 15 is 0 Å². The molecule has 0 aliphatic heterocycles. The zero-order valence-electron chi connectivity index (χ0n) is 24.0. The Balaban J connectivity index is 1.65. The fourth-order valence-electron chi connectivity index (χ4n) is 5.36. The molecule has 1 aliphatic carbocycles. The Kier molecular flexibility index (Phi) is 11.9. The number of ether oxygens (including phenoxy) is 1. The van der Waals surface area contributed by atoms with Crippen LogP contribution in [0.2, 0.25) is 0 Å². The van der Waals surface area contributed by atoms with Crippen LogP contribution in [0.3, 0.4) is 0 Å². The Morgan fingerprint density at radius 3 is 2.35 bits per heavy atom. The summed E-state index contributed by atoms with van der Waals surface area (Å²) in [5, 5.41) is 17.2. The van der Waals surface area contributed by atoms with Gasteiger partial charge in [-0.05, 0) is 66.5 Å². The van der Waals surface area contributed by atoms with Gasteiger partial charge in [0.1, 0.15) is 17.4 Å². The number of hydrogen-bond donors (Lipinski definition) is 3. The van der Waals surface area contributed by atoms with E-state index in [4.69, 9.17) is 4.74 Å². The Bertz CT molecular complexity index is 1110. The minimum absolute atomic E-state index is 0.0321. The largest absolute Gasteiger partial charge is 0.497 e. The van der Waals surface area contributed by atoms with Gasteiger partial charge in [0.25, 0.3) is 0 Å². The summed E-state index contributed by atoms with van der Waals surface area (Å²) in [6.07, 6.45) is 1.08. The quantitative estimate of drug-likeness (QED) is 0.289. The van der Waals surface area contributed by atoms with Crippen molar-refractivity contribution in [3.05, 3.63) is 65.2 Å². The van der Waals surface area contributed by atoms with Crippen LogP contribution in [0.15, 0.2) is 42.5 Å². The molecule has 2 amide bonds. The second-order valence-electron chi connectivity index (χ2n) is 10.8. The first-order chi connectivity index (χ1) is 19.2. The lowest BCUT2D eigenvalue weighted by atomic mass is 10.00. The molecule has 7 nitrogen and oxygen atoms in total. The molecule has 0 heterocycles. The van der Waals surface area contributed by atoms with Gasteiger partial charge in [0, 0.05) is 44.6 Å². The summed E-state index contributed by atoms with van der Waals surface area (Å²) >= 11 is 0. The average molecular weight is 560 g/mol. The minimum Gasteiger partial charge on any atom is -0.497 e. The van der Waals surface area contributed by atoms with Crippen molar-refractivity contribution in [3.8, 4) is 5.75 Å². The second kappa shape index (κ2) is 15.1. The predicted octanol–water partition coefficient (Wildman–Crippen LogP) is 4.07. The SMILES string of the molecule is CCCN(CCC)C(=O)C[C@@H]1[C@H](C)[C@H]1C(=O)N[C@@H](Cc1cc(F)cc(F)c1)[C@@H](O)CNCc1cccc(OC)c1. The third-order valence-corrected chi connectivity index (χ3v) is 7.60. The van der Waals surface area contributed by atoms with Crippen LogP contribution in [-0.4, -0.2) is 60.7 Å². The Morgan fingerprint density at radius 2 is 1.73 bits per heavy atom. The molecule has 220 valence electrons. The predicted molar refractivity (Wildman–Crippen MR) is 151 cm³/mol. The highest BCUT2D eigenvalue weighted by Crippen LogP contribution is 2.48. The molecule has 0 unspecified atom stereocenters. The van der Waals surface area contributed by atoms with Gasteiger partial charge in [-0.15, -0.1) is 0 Å². The van der Waals surface area contributed by atoms with E-state index in [2.05, 4.69) is 10.6 Å². The van der Waals surface area contributed by atoms with Gasteiger partial charge in [-0.3, -0.25) is 9.59 Å². The lowest BCUT2D eigenvalue weighted by Crippen LogP contribution is -2.49. The summed E-state index contributed by atoms with van der Waals surface area (Å²) in [6.45, 7) is 8.03. The molecule has 3 rings (SSSR count). The Hall–Kier alpha value is -3.04. The van der Waals surface area contributed by atoms with E-state index in [0.29, 0.717) is 31.6 Å². The molecule has 0 aromatic heterocycles. The fraction of sp³-hybridized carbons (Fsp3) is 0.548. The molecule has 0 saturated heterocycles. The van der Waals surface area contributed by atoms with E-state index in [1.165, 1.54) is 12.1 Å². The second-order valence-corrected chi connectivity index (χ2v) is 10.8. The highest BCUT2D eigenvalue weighted by Gasteiger charge is 2.52. The molecule has 0 bridgehead atoms. The number of nitrogens with zero attached hydrogens (tertiary/aromatic N) is 1. The topological polar surface area (TPSA) is 90.9 Å². The van der Waals surface area contributed by atoms with Crippen molar-refractivity contribution < 1.29 is 28.2 Å². The summed E-state index contributed by atoms with van der Waals surface area (Å²) in [7, 11) is 1.59. The zero-order valence-corrected chi connectivity index (χ0v) is 24.0. The normalized spacial score (nSPS) is 19.5. The molecule has 9 heteroatoms. The summed E-state index contributed by atoms with van der Waals surface area (Å²) in [5.41, 5.74) is 1.29. The van der Waals surface area contributed by atoms with E-state index in [1.807, 2.05) is 49.9 Å². The van der Waals surface area contributed by atoms with Crippen molar-refractivity contribution in [1.29, 1.82) is 0 Å². The summed E-state index contributed by atoms with van der Waals surface area (Å²) < 4.78 is 33.0. The van der Waals surface area contributed by atoms with Crippen molar-refractivity contribution in [1.82, 2.24) is 15.5 Å². The number of amides is 2. The Labute approximate surface area is 236 Å². The fourth-order valence-corrected chi connectivity index (χ4v) is 5.36. The number of halogens is 2. The van der Waals surface area contributed by atoms with E-state index in [0.717, 1.165) is 30.2 Å². The lowest BCUT2D eigenvalue weighted by Gasteiger charge is -2.25. The number of aliphatic hydroxyl groups excluding tert-OH is 1. The van der Waals surface area contributed by atoms with E-state index in [1.54, 1.807) is 7.11 Å². The molecule has 2 aromatic carbocycles. The lowest BCUT2D eigenvalue weighted by molar-refractivity contribution is -0.131. The molecule has 0 spiro atoms. The van der Waals surface area contributed by atoms with Crippen LogP contribution in [0, 0.1) is 29.4 Å². The van der Waals surface area contributed by atoms with Gasteiger partial charge >= 0.3 is 0 Å². The van der Waals surface area contributed by atoms with Crippen LogP contribution in [0.5, 0.6) is 5.75 Å². The van der Waals surface area contributed by atoms with Gasteiger partial charge in [0.2, 0.25) is 11.8 Å². The number of benzene rings is 2. The highest BCUT2D eigenvalue weighted by atomic mass is 19.1. The van der Waals surface area contributed by atoms with Gasteiger partial charge in [0.05, 0.1) is 19.3 Å². The zero-order chi connectivity index (χ0) is 29.2. The number of hydrogen-bond acceptors (Lipinski definition) is 5. The summed E-state index contributed by atoms with van der Waals surface area (Å²) in [4.78, 5) is 28.0. The number of nitrogens with one attached hydrogen (secondary N) is 2. The average Bonchev–Trinajstić information content (AvgIpc) is 3.55. The first-order valence-electron chi connectivity index (χ1n) is 14.2. The number of aliphatic hydroxyl groups is 1. The highest BCUT2D eigenvalue weighted by molar-refractivity contribution is 5.85. The third kappa shape index (κ3) is 8.99. The molecule has 3 N–H and O–H groups in total. The molecular formula is C31H43F2N3O4. The van der Waals surface area contributed by atoms with Crippen LogP contribution in [0.4, 0.5) is 8.78 Å². The number of methoxy groups -OCH3 is 1. The molecule has 2 aromatic rings. The van der Waals surface area contributed by atoms with Crippen molar-refractivity contribution in [2.45, 2.75) is 65.1 Å². The summed E-state index contributed by atoms with van der Waals surface area (Å²) in [6, 6.07) is 9.93. The van der Waals surface area contributed by atoms with Gasteiger partial charge < -0.3 is 25.4 Å². The van der Waals surface area contributed by atoms with Crippen LogP contribution >= 0.6 is 0 Å². The van der Waals surface area contributed by atoms with Crippen molar-refractivity contribution >= 4 is 11.8 Å². The third-order valence-electron chi connectivity index (χ3n) is 7.60. The van der Waals surface area contributed by atoms with Crippen molar-refractivity contribution in [2.75, 3.05) is 26.7 Å². The van der Waals surface area contributed by atoms with Gasteiger partial charge in [-0.2, -0.15) is 0 Å². The van der Waals surface area contributed by atoms with Crippen LogP contribution in [0.25, 0.3) is 0 Å². The molecule has 40 heavy (non-hydrogen) atoms.